The largest absolute Gasteiger partial charge is 0.311 e. The third kappa shape index (κ3) is 2.52. The first-order valence-corrected chi connectivity index (χ1v) is 6.32. The van der Waals surface area contributed by atoms with Gasteiger partial charge in [0.1, 0.15) is 0 Å². The molecule has 0 aromatic carbocycles. The molecule has 0 saturated carbocycles. The standard InChI is InChI=1S/C12H25N3/c1-10(14(2)3)9-13-11-6-8-15-7-4-5-12(11)15/h10-13H,4-9H2,1-3H3. The van der Waals surface area contributed by atoms with Gasteiger partial charge in [-0.3, -0.25) is 4.90 Å². The Morgan fingerprint density at radius 2 is 2.13 bits per heavy atom. The van der Waals surface area contributed by atoms with Crippen molar-refractivity contribution in [1.82, 2.24) is 15.1 Å². The van der Waals surface area contributed by atoms with E-state index >= 15 is 0 Å². The van der Waals surface area contributed by atoms with Crippen molar-refractivity contribution in [1.29, 1.82) is 0 Å². The highest BCUT2D eigenvalue weighted by Gasteiger charge is 2.36. The van der Waals surface area contributed by atoms with Crippen LogP contribution in [-0.2, 0) is 0 Å². The quantitative estimate of drug-likeness (QED) is 0.741. The molecule has 3 unspecified atom stereocenters. The van der Waals surface area contributed by atoms with Crippen molar-refractivity contribution in [2.45, 2.75) is 44.3 Å². The third-order valence-electron chi connectivity index (χ3n) is 4.16. The van der Waals surface area contributed by atoms with Crippen LogP contribution in [-0.4, -0.2) is 61.7 Å². The summed E-state index contributed by atoms with van der Waals surface area (Å²) in [6.07, 6.45) is 4.17. The summed E-state index contributed by atoms with van der Waals surface area (Å²) < 4.78 is 0. The molecular formula is C12H25N3. The second-order valence-electron chi connectivity index (χ2n) is 5.36. The van der Waals surface area contributed by atoms with Crippen LogP contribution in [0.1, 0.15) is 26.2 Å². The Morgan fingerprint density at radius 3 is 2.87 bits per heavy atom. The molecule has 0 bridgehead atoms. The van der Waals surface area contributed by atoms with Gasteiger partial charge in [-0.25, -0.2) is 0 Å². The van der Waals surface area contributed by atoms with E-state index < -0.39 is 0 Å². The zero-order chi connectivity index (χ0) is 10.8. The van der Waals surface area contributed by atoms with E-state index in [-0.39, 0.29) is 0 Å². The van der Waals surface area contributed by atoms with Crippen LogP contribution in [0.15, 0.2) is 0 Å². The summed E-state index contributed by atoms with van der Waals surface area (Å²) in [7, 11) is 4.31. The molecule has 0 aromatic heterocycles. The molecular weight excluding hydrogens is 186 g/mol. The predicted octanol–water partition coefficient (Wildman–Crippen LogP) is 0.763. The lowest BCUT2D eigenvalue weighted by molar-refractivity contribution is 0.267. The second-order valence-corrected chi connectivity index (χ2v) is 5.36. The average Bonchev–Trinajstić information content (AvgIpc) is 2.76. The van der Waals surface area contributed by atoms with Crippen LogP contribution in [0.2, 0.25) is 0 Å². The zero-order valence-corrected chi connectivity index (χ0v) is 10.4. The third-order valence-corrected chi connectivity index (χ3v) is 4.16. The fourth-order valence-electron chi connectivity index (χ4n) is 2.83. The Bertz CT molecular complexity index is 205. The van der Waals surface area contributed by atoms with Crippen molar-refractivity contribution in [3.05, 3.63) is 0 Å². The summed E-state index contributed by atoms with van der Waals surface area (Å²) in [5.41, 5.74) is 0. The highest BCUT2D eigenvalue weighted by atomic mass is 15.2. The first-order chi connectivity index (χ1) is 7.18. The van der Waals surface area contributed by atoms with E-state index in [9.17, 15) is 0 Å². The maximum atomic E-state index is 3.75. The van der Waals surface area contributed by atoms with E-state index in [0.29, 0.717) is 6.04 Å². The lowest BCUT2D eigenvalue weighted by Gasteiger charge is -2.25. The summed E-state index contributed by atoms with van der Waals surface area (Å²) in [5.74, 6) is 0. The Labute approximate surface area is 93.8 Å². The Balaban J connectivity index is 1.75. The SMILES string of the molecule is CC(CNC1CCN2CCCC12)N(C)C. The number of hydrogen-bond acceptors (Lipinski definition) is 3. The molecule has 3 heteroatoms. The number of rotatable bonds is 4. The number of nitrogens with zero attached hydrogens (tertiary/aromatic N) is 2. The number of nitrogens with one attached hydrogen (secondary N) is 1. The van der Waals surface area contributed by atoms with Gasteiger partial charge in [0.25, 0.3) is 0 Å². The minimum Gasteiger partial charge on any atom is -0.311 e. The smallest absolute Gasteiger partial charge is 0.0250 e. The average molecular weight is 211 g/mol. The van der Waals surface area contributed by atoms with Gasteiger partial charge in [-0.1, -0.05) is 0 Å². The molecule has 0 aromatic rings. The molecule has 3 atom stereocenters. The maximum absolute atomic E-state index is 3.75. The van der Waals surface area contributed by atoms with Crippen molar-refractivity contribution in [2.75, 3.05) is 33.7 Å². The lowest BCUT2D eigenvalue weighted by atomic mass is 10.1. The van der Waals surface area contributed by atoms with Crippen LogP contribution in [0.3, 0.4) is 0 Å². The van der Waals surface area contributed by atoms with E-state index in [4.69, 9.17) is 0 Å². The lowest BCUT2D eigenvalue weighted by Crippen LogP contribution is -2.44. The van der Waals surface area contributed by atoms with Crippen molar-refractivity contribution < 1.29 is 0 Å². The van der Waals surface area contributed by atoms with Crippen molar-refractivity contribution >= 4 is 0 Å². The van der Waals surface area contributed by atoms with Crippen LogP contribution < -0.4 is 5.32 Å². The van der Waals surface area contributed by atoms with Gasteiger partial charge < -0.3 is 10.2 Å². The molecule has 0 spiro atoms. The summed E-state index contributed by atoms with van der Waals surface area (Å²) in [5, 5.41) is 3.75. The van der Waals surface area contributed by atoms with E-state index in [1.54, 1.807) is 0 Å². The van der Waals surface area contributed by atoms with E-state index in [1.165, 1.54) is 32.4 Å². The van der Waals surface area contributed by atoms with Gasteiger partial charge in [0.15, 0.2) is 0 Å². The molecule has 2 aliphatic heterocycles. The highest BCUT2D eigenvalue weighted by molar-refractivity contribution is 4.95. The van der Waals surface area contributed by atoms with Gasteiger partial charge in [-0.2, -0.15) is 0 Å². The summed E-state index contributed by atoms with van der Waals surface area (Å²) in [4.78, 5) is 4.95. The summed E-state index contributed by atoms with van der Waals surface area (Å²) in [6.45, 7) is 6.07. The van der Waals surface area contributed by atoms with Crippen molar-refractivity contribution in [2.24, 2.45) is 0 Å². The first-order valence-electron chi connectivity index (χ1n) is 6.32. The first kappa shape index (κ1) is 11.4. The van der Waals surface area contributed by atoms with Crippen LogP contribution in [0.5, 0.6) is 0 Å². The number of likely N-dealkylation sites (N-methyl/N-ethyl adjacent to an activating group) is 1. The van der Waals surface area contributed by atoms with Crippen LogP contribution in [0.25, 0.3) is 0 Å². The highest BCUT2D eigenvalue weighted by Crippen LogP contribution is 2.27. The molecule has 2 aliphatic rings. The number of fused-ring (bicyclic) bond motifs is 1. The van der Waals surface area contributed by atoms with E-state index in [2.05, 4.69) is 36.1 Å². The fourth-order valence-corrected chi connectivity index (χ4v) is 2.83. The Morgan fingerprint density at radius 1 is 1.33 bits per heavy atom. The zero-order valence-electron chi connectivity index (χ0n) is 10.4. The minimum absolute atomic E-state index is 0.639. The molecule has 2 heterocycles. The second kappa shape index (κ2) is 4.81. The number of hydrogen-bond donors (Lipinski definition) is 1. The molecule has 0 amide bonds. The maximum Gasteiger partial charge on any atom is 0.0250 e. The van der Waals surface area contributed by atoms with Crippen LogP contribution in [0.4, 0.5) is 0 Å². The Kier molecular flexibility index (Phi) is 3.65. The molecule has 1 N–H and O–H groups in total. The molecule has 88 valence electrons. The summed E-state index contributed by atoms with van der Waals surface area (Å²) >= 11 is 0. The molecule has 0 aliphatic carbocycles. The molecule has 2 fully saturated rings. The van der Waals surface area contributed by atoms with E-state index in [1.807, 2.05) is 0 Å². The Hall–Kier alpha value is -0.120. The molecule has 0 radical (unpaired) electrons. The molecule has 3 nitrogen and oxygen atoms in total. The molecule has 15 heavy (non-hydrogen) atoms. The van der Waals surface area contributed by atoms with Gasteiger partial charge in [0.2, 0.25) is 0 Å². The summed E-state index contributed by atoms with van der Waals surface area (Å²) in [6, 6.07) is 2.25. The monoisotopic (exact) mass is 211 g/mol. The van der Waals surface area contributed by atoms with E-state index in [0.717, 1.165) is 18.6 Å². The van der Waals surface area contributed by atoms with Crippen LogP contribution >= 0.6 is 0 Å². The van der Waals surface area contributed by atoms with Gasteiger partial charge >= 0.3 is 0 Å². The van der Waals surface area contributed by atoms with Crippen molar-refractivity contribution in [3.63, 3.8) is 0 Å². The molecule has 2 rings (SSSR count). The topological polar surface area (TPSA) is 18.5 Å². The fraction of sp³-hybridized carbons (Fsp3) is 1.00. The minimum atomic E-state index is 0.639. The van der Waals surface area contributed by atoms with Crippen LogP contribution in [0, 0.1) is 0 Å². The molecule has 2 saturated heterocycles. The van der Waals surface area contributed by atoms with Gasteiger partial charge in [-0.15, -0.1) is 0 Å². The normalized spacial score (nSPS) is 33.6. The predicted molar refractivity (Wildman–Crippen MR) is 64.2 cm³/mol. The van der Waals surface area contributed by atoms with Crippen molar-refractivity contribution in [3.8, 4) is 0 Å². The van der Waals surface area contributed by atoms with Gasteiger partial charge in [-0.05, 0) is 46.8 Å². The van der Waals surface area contributed by atoms with Gasteiger partial charge in [0, 0.05) is 31.2 Å². The van der Waals surface area contributed by atoms with Gasteiger partial charge in [0.05, 0.1) is 0 Å².